The Morgan fingerprint density at radius 2 is 1.85 bits per heavy atom. The highest BCUT2D eigenvalue weighted by Gasteiger charge is 2.13. The number of thiocarbonyl (C=S) groups is 1. The minimum atomic E-state index is -0.285. The quantitative estimate of drug-likeness (QED) is 0.148. The third-order valence-electron chi connectivity index (χ3n) is 5.02. The van der Waals surface area contributed by atoms with Gasteiger partial charge in [0.05, 0.1) is 15.9 Å². The number of thiazole rings is 1. The van der Waals surface area contributed by atoms with Crippen LogP contribution in [0.5, 0.6) is 0 Å². The van der Waals surface area contributed by atoms with E-state index < -0.39 is 0 Å². The lowest BCUT2D eigenvalue weighted by Gasteiger charge is -2.12. The number of amides is 1. The van der Waals surface area contributed by atoms with E-state index in [9.17, 15) is 4.79 Å². The van der Waals surface area contributed by atoms with E-state index in [4.69, 9.17) is 17.2 Å². The number of carbonyl (C=O) groups is 1. The van der Waals surface area contributed by atoms with Crippen molar-refractivity contribution >= 4 is 79.1 Å². The average Bonchev–Trinajstić information content (AvgIpc) is 3.23. The zero-order valence-electron chi connectivity index (χ0n) is 18.1. The molecule has 1 aromatic heterocycles. The van der Waals surface area contributed by atoms with Crippen molar-refractivity contribution in [1.29, 1.82) is 0 Å². The van der Waals surface area contributed by atoms with Gasteiger partial charge in [-0.1, -0.05) is 50.2 Å². The molecular weight excluding hydrogens is 561 g/mol. The molecule has 2 N–H and O–H groups in total. The number of nitrogens with one attached hydrogen (secondary N) is 2. The number of hydrogen-bond donors (Lipinski definition) is 2. The van der Waals surface area contributed by atoms with Crippen LogP contribution in [-0.2, 0) is 4.79 Å². The van der Waals surface area contributed by atoms with E-state index in [1.54, 1.807) is 17.4 Å². The van der Waals surface area contributed by atoms with Crippen LogP contribution < -0.4 is 10.6 Å². The lowest BCUT2D eigenvalue weighted by Crippen LogP contribution is -2.33. The summed E-state index contributed by atoms with van der Waals surface area (Å²) in [6, 6.07) is 22.2. The van der Waals surface area contributed by atoms with Crippen LogP contribution in [0.3, 0.4) is 0 Å². The van der Waals surface area contributed by atoms with Crippen molar-refractivity contribution in [2.75, 3.05) is 5.32 Å². The number of halogens is 1. The topological polar surface area (TPSA) is 54.0 Å². The molecule has 7 heteroatoms. The van der Waals surface area contributed by atoms with Crippen molar-refractivity contribution in [2.24, 2.45) is 0 Å². The Hall–Kier alpha value is -2.62. The van der Waals surface area contributed by atoms with Gasteiger partial charge >= 0.3 is 0 Å². The maximum atomic E-state index is 12.4. The largest absolute Gasteiger partial charge is 0.332 e. The zero-order chi connectivity index (χ0) is 23.4. The van der Waals surface area contributed by atoms with Crippen LogP contribution >= 0.6 is 46.1 Å². The van der Waals surface area contributed by atoms with Crippen molar-refractivity contribution in [3.63, 3.8) is 0 Å². The van der Waals surface area contributed by atoms with Crippen molar-refractivity contribution in [3.05, 3.63) is 87.5 Å². The summed E-state index contributed by atoms with van der Waals surface area (Å²) < 4.78 is 2.22. The first-order valence-electron chi connectivity index (χ1n) is 10.4. The second-order valence-electron chi connectivity index (χ2n) is 7.77. The van der Waals surface area contributed by atoms with E-state index in [-0.39, 0.29) is 11.0 Å². The number of hydrogen-bond acceptors (Lipinski definition) is 4. The third kappa shape index (κ3) is 6.04. The fraction of sp³-hybridized carbons (Fsp3) is 0.115. The predicted molar refractivity (Wildman–Crippen MR) is 152 cm³/mol. The second kappa shape index (κ2) is 10.5. The molecule has 4 rings (SSSR count). The van der Waals surface area contributed by atoms with E-state index in [1.165, 1.54) is 11.6 Å². The molecular formula is C26H22IN3OS2. The molecule has 0 saturated carbocycles. The van der Waals surface area contributed by atoms with Gasteiger partial charge in [-0.05, 0) is 88.3 Å². The highest BCUT2D eigenvalue weighted by Crippen LogP contribution is 2.35. The minimum Gasteiger partial charge on any atom is -0.332 e. The SMILES string of the molecule is CC(C)c1ccc(C=CC(=O)NC(=S)Nc2ccc(I)cc2-c2nc3ccccc3s2)cc1. The van der Waals surface area contributed by atoms with E-state index in [1.807, 2.05) is 42.5 Å². The van der Waals surface area contributed by atoms with Gasteiger partial charge in [-0.25, -0.2) is 4.98 Å². The number of aromatic nitrogens is 1. The van der Waals surface area contributed by atoms with Crippen LogP contribution in [0.15, 0.2) is 72.8 Å². The summed E-state index contributed by atoms with van der Waals surface area (Å²) in [5, 5.41) is 7.02. The fourth-order valence-electron chi connectivity index (χ4n) is 3.26. The number of para-hydroxylation sites is 1. The van der Waals surface area contributed by atoms with Crippen molar-refractivity contribution < 1.29 is 4.79 Å². The van der Waals surface area contributed by atoms with Gasteiger partial charge in [0.2, 0.25) is 5.91 Å². The first kappa shape index (κ1) is 23.5. The van der Waals surface area contributed by atoms with Gasteiger partial charge in [0.15, 0.2) is 5.11 Å². The molecule has 0 fully saturated rings. The molecule has 0 unspecified atom stereocenters. The standard InChI is InChI=1S/C26H22IN3OS2/c1-16(2)18-10-7-17(8-11-18)9-14-24(31)30-26(32)29-21-13-12-19(27)15-20(21)25-28-22-5-3-4-6-23(22)33-25/h3-16H,1-2H3,(H2,29,30,31,32). The summed E-state index contributed by atoms with van der Waals surface area (Å²) in [5.74, 6) is 0.191. The molecule has 1 amide bonds. The van der Waals surface area contributed by atoms with E-state index in [2.05, 4.69) is 71.3 Å². The summed E-state index contributed by atoms with van der Waals surface area (Å²) in [6.45, 7) is 4.31. The molecule has 0 aliphatic carbocycles. The Morgan fingerprint density at radius 3 is 2.58 bits per heavy atom. The highest BCUT2D eigenvalue weighted by atomic mass is 127. The fourth-order valence-corrected chi connectivity index (χ4v) is 4.96. The maximum Gasteiger partial charge on any atom is 0.250 e. The number of nitrogens with zero attached hydrogens (tertiary/aromatic N) is 1. The number of benzene rings is 3. The first-order valence-corrected chi connectivity index (χ1v) is 12.7. The van der Waals surface area contributed by atoms with Crippen LogP contribution in [0.1, 0.15) is 30.9 Å². The van der Waals surface area contributed by atoms with Gasteiger partial charge in [-0.15, -0.1) is 11.3 Å². The molecule has 0 saturated heterocycles. The lowest BCUT2D eigenvalue weighted by molar-refractivity contribution is -0.115. The molecule has 4 nitrogen and oxygen atoms in total. The van der Waals surface area contributed by atoms with Crippen molar-refractivity contribution in [2.45, 2.75) is 19.8 Å². The molecule has 0 aliphatic heterocycles. The summed E-state index contributed by atoms with van der Waals surface area (Å²) >= 11 is 9.31. The first-order chi connectivity index (χ1) is 15.9. The van der Waals surface area contributed by atoms with E-state index >= 15 is 0 Å². The molecule has 0 aliphatic rings. The Morgan fingerprint density at radius 1 is 1.09 bits per heavy atom. The van der Waals surface area contributed by atoms with Crippen LogP contribution in [-0.4, -0.2) is 16.0 Å². The minimum absolute atomic E-state index is 0.239. The van der Waals surface area contributed by atoms with Crippen molar-refractivity contribution in [1.82, 2.24) is 10.3 Å². The van der Waals surface area contributed by atoms with Crippen LogP contribution in [0.2, 0.25) is 0 Å². The van der Waals surface area contributed by atoms with Gasteiger partial charge in [-0.2, -0.15) is 0 Å². The molecule has 0 radical (unpaired) electrons. The Kier molecular flexibility index (Phi) is 7.52. The number of carbonyl (C=O) groups excluding carboxylic acids is 1. The molecule has 4 aromatic rings. The molecule has 33 heavy (non-hydrogen) atoms. The number of fused-ring (bicyclic) bond motifs is 1. The lowest BCUT2D eigenvalue weighted by atomic mass is 10.0. The Balaban J connectivity index is 1.45. The van der Waals surface area contributed by atoms with Gasteiger partial charge in [0.25, 0.3) is 0 Å². The monoisotopic (exact) mass is 583 g/mol. The molecule has 1 heterocycles. The smallest absolute Gasteiger partial charge is 0.250 e. The summed E-state index contributed by atoms with van der Waals surface area (Å²) in [4.78, 5) is 17.1. The molecule has 166 valence electrons. The summed E-state index contributed by atoms with van der Waals surface area (Å²) in [6.07, 6.45) is 3.26. The highest BCUT2D eigenvalue weighted by molar-refractivity contribution is 14.1. The Labute approximate surface area is 216 Å². The van der Waals surface area contributed by atoms with Crippen LogP contribution in [0, 0.1) is 3.57 Å². The van der Waals surface area contributed by atoms with E-state index in [0.29, 0.717) is 5.92 Å². The second-order valence-corrected chi connectivity index (χ2v) is 10.5. The van der Waals surface area contributed by atoms with Crippen LogP contribution in [0.25, 0.3) is 26.9 Å². The molecule has 3 aromatic carbocycles. The van der Waals surface area contributed by atoms with Crippen LogP contribution in [0.4, 0.5) is 5.69 Å². The molecule has 0 spiro atoms. The Bertz CT molecular complexity index is 1310. The van der Waals surface area contributed by atoms with Gasteiger partial charge in [-0.3, -0.25) is 10.1 Å². The zero-order valence-corrected chi connectivity index (χ0v) is 21.9. The predicted octanol–water partition coefficient (Wildman–Crippen LogP) is 7.22. The average molecular weight is 584 g/mol. The normalized spacial score (nSPS) is 11.3. The third-order valence-corrected chi connectivity index (χ3v) is 6.97. The van der Waals surface area contributed by atoms with Gasteiger partial charge in [0.1, 0.15) is 5.01 Å². The van der Waals surface area contributed by atoms with E-state index in [0.717, 1.165) is 35.6 Å². The summed E-state index contributed by atoms with van der Waals surface area (Å²) in [5.41, 5.74) is 4.94. The molecule has 0 atom stereocenters. The van der Waals surface area contributed by atoms with Gasteiger partial charge in [0, 0.05) is 15.2 Å². The van der Waals surface area contributed by atoms with Gasteiger partial charge < -0.3 is 5.32 Å². The number of rotatable bonds is 5. The number of anilines is 1. The van der Waals surface area contributed by atoms with Crippen molar-refractivity contribution in [3.8, 4) is 10.6 Å². The summed E-state index contributed by atoms with van der Waals surface area (Å²) in [7, 11) is 0. The maximum absolute atomic E-state index is 12.4. The molecule has 0 bridgehead atoms.